The van der Waals surface area contributed by atoms with Gasteiger partial charge in [0.25, 0.3) is 0 Å². The van der Waals surface area contributed by atoms with Crippen LogP contribution in [0, 0.1) is 5.92 Å². The molecule has 2 atom stereocenters. The van der Waals surface area contributed by atoms with Gasteiger partial charge < -0.3 is 0 Å². The summed E-state index contributed by atoms with van der Waals surface area (Å²) >= 11 is 5.64. The Morgan fingerprint density at radius 2 is 2.30 bits per heavy atom. The third kappa shape index (κ3) is 1.86. The first-order valence-corrected chi connectivity index (χ1v) is 4.42. The van der Waals surface area contributed by atoms with Crippen molar-refractivity contribution in [3.8, 4) is 0 Å². The molecular formula is C8H16ClN. The van der Waals surface area contributed by atoms with E-state index in [0.717, 1.165) is 5.92 Å². The molecule has 0 aliphatic heterocycles. The first-order chi connectivity index (χ1) is 4.66. The Morgan fingerprint density at radius 3 is 2.70 bits per heavy atom. The van der Waals surface area contributed by atoms with Gasteiger partial charge >= 0.3 is 0 Å². The van der Waals surface area contributed by atoms with Crippen LogP contribution in [-0.2, 0) is 0 Å². The van der Waals surface area contributed by atoms with Crippen molar-refractivity contribution in [2.75, 3.05) is 0 Å². The van der Waals surface area contributed by atoms with Crippen molar-refractivity contribution in [2.24, 2.45) is 5.92 Å². The van der Waals surface area contributed by atoms with E-state index in [-0.39, 0.29) is 5.54 Å². The Kier molecular flexibility index (Phi) is 2.59. The SMILES string of the molecule is C[C@@H]1CCC[C@@](C)(NCl)C1. The molecule has 0 bridgehead atoms. The molecule has 1 N–H and O–H groups in total. The van der Waals surface area contributed by atoms with Gasteiger partial charge in [0, 0.05) is 5.54 Å². The molecule has 0 spiro atoms. The van der Waals surface area contributed by atoms with Gasteiger partial charge in [0.1, 0.15) is 0 Å². The van der Waals surface area contributed by atoms with E-state index in [1.807, 2.05) is 0 Å². The predicted octanol–water partition coefficient (Wildman–Crippen LogP) is 2.70. The summed E-state index contributed by atoms with van der Waals surface area (Å²) in [6, 6.07) is 0. The number of hydrogen-bond acceptors (Lipinski definition) is 1. The average Bonchev–Trinajstić information content (AvgIpc) is 1.88. The van der Waals surface area contributed by atoms with Crippen LogP contribution in [0.4, 0.5) is 0 Å². The highest BCUT2D eigenvalue weighted by atomic mass is 35.5. The van der Waals surface area contributed by atoms with Crippen LogP contribution in [-0.4, -0.2) is 5.54 Å². The van der Waals surface area contributed by atoms with Crippen molar-refractivity contribution < 1.29 is 0 Å². The fourth-order valence-electron chi connectivity index (χ4n) is 1.90. The second kappa shape index (κ2) is 3.10. The lowest BCUT2D eigenvalue weighted by molar-refractivity contribution is 0.238. The van der Waals surface area contributed by atoms with Crippen molar-refractivity contribution in [1.29, 1.82) is 0 Å². The summed E-state index contributed by atoms with van der Waals surface area (Å²) in [4.78, 5) is 2.88. The van der Waals surface area contributed by atoms with E-state index in [4.69, 9.17) is 11.8 Å². The first-order valence-electron chi connectivity index (χ1n) is 4.04. The molecule has 10 heavy (non-hydrogen) atoms. The first kappa shape index (κ1) is 8.35. The number of hydrogen-bond donors (Lipinski definition) is 1. The van der Waals surface area contributed by atoms with Gasteiger partial charge in [-0.2, -0.15) is 0 Å². The molecule has 0 unspecified atom stereocenters. The Morgan fingerprint density at radius 1 is 1.60 bits per heavy atom. The Bertz CT molecular complexity index is 116. The minimum Gasteiger partial charge on any atom is -0.228 e. The molecule has 1 aliphatic carbocycles. The van der Waals surface area contributed by atoms with Gasteiger partial charge in [-0.1, -0.05) is 19.8 Å². The summed E-state index contributed by atoms with van der Waals surface area (Å²) in [6.07, 6.45) is 5.13. The Hall–Kier alpha value is 0.250. The molecule has 0 radical (unpaired) electrons. The summed E-state index contributed by atoms with van der Waals surface area (Å²) in [7, 11) is 0. The standard InChI is InChI=1S/C8H16ClN/c1-7-4-3-5-8(2,6-7)10-9/h7,10H,3-6H2,1-2H3/t7-,8-/m1/s1. The van der Waals surface area contributed by atoms with Crippen LogP contribution in [0.5, 0.6) is 0 Å². The zero-order chi connectivity index (χ0) is 7.61. The van der Waals surface area contributed by atoms with Crippen LogP contribution in [0.15, 0.2) is 0 Å². The molecule has 0 aromatic carbocycles. The van der Waals surface area contributed by atoms with Gasteiger partial charge in [0.2, 0.25) is 0 Å². The highest BCUT2D eigenvalue weighted by Gasteiger charge is 2.28. The molecule has 0 saturated heterocycles. The molecular weight excluding hydrogens is 146 g/mol. The number of halogens is 1. The van der Waals surface area contributed by atoms with Crippen molar-refractivity contribution in [1.82, 2.24) is 4.84 Å². The molecule has 60 valence electrons. The van der Waals surface area contributed by atoms with E-state index in [1.54, 1.807) is 0 Å². The van der Waals surface area contributed by atoms with E-state index < -0.39 is 0 Å². The fourth-order valence-corrected chi connectivity index (χ4v) is 2.07. The second-order valence-corrected chi connectivity index (χ2v) is 4.05. The van der Waals surface area contributed by atoms with Crippen LogP contribution in [0.3, 0.4) is 0 Å². The summed E-state index contributed by atoms with van der Waals surface area (Å²) in [5.74, 6) is 0.838. The van der Waals surface area contributed by atoms with Crippen molar-refractivity contribution in [3.63, 3.8) is 0 Å². The largest absolute Gasteiger partial charge is 0.228 e. The summed E-state index contributed by atoms with van der Waals surface area (Å²) in [5.41, 5.74) is 0.208. The Labute approximate surface area is 68.3 Å². The molecule has 0 heterocycles. The van der Waals surface area contributed by atoms with Crippen molar-refractivity contribution in [2.45, 2.75) is 45.1 Å². The normalized spacial score (nSPS) is 41.7. The smallest absolute Gasteiger partial charge is 0.0306 e. The lowest BCUT2D eigenvalue weighted by Crippen LogP contribution is -2.40. The molecule has 1 nitrogen and oxygen atoms in total. The van der Waals surface area contributed by atoms with Gasteiger partial charge in [0.15, 0.2) is 0 Å². The van der Waals surface area contributed by atoms with Crippen molar-refractivity contribution >= 4 is 11.8 Å². The summed E-state index contributed by atoms with van der Waals surface area (Å²) < 4.78 is 0. The number of nitrogens with one attached hydrogen (secondary N) is 1. The topological polar surface area (TPSA) is 12.0 Å². The molecule has 1 rings (SSSR count). The maximum absolute atomic E-state index is 5.64. The molecule has 0 amide bonds. The third-order valence-corrected chi connectivity index (χ3v) is 2.91. The van der Waals surface area contributed by atoms with Gasteiger partial charge in [-0.05, 0) is 37.5 Å². The van der Waals surface area contributed by atoms with E-state index in [0.29, 0.717) is 0 Å². The monoisotopic (exact) mass is 161 g/mol. The van der Waals surface area contributed by atoms with Crippen LogP contribution >= 0.6 is 11.8 Å². The minimum absolute atomic E-state index is 0.208. The second-order valence-electron chi connectivity index (χ2n) is 3.86. The summed E-state index contributed by atoms with van der Waals surface area (Å²) in [6.45, 7) is 4.50. The lowest BCUT2D eigenvalue weighted by atomic mass is 9.78. The van der Waals surface area contributed by atoms with E-state index >= 15 is 0 Å². The van der Waals surface area contributed by atoms with Gasteiger partial charge in [0.05, 0.1) is 0 Å². The van der Waals surface area contributed by atoms with Gasteiger partial charge in [-0.3, -0.25) is 0 Å². The van der Waals surface area contributed by atoms with Crippen LogP contribution in [0.1, 0.15) is 39.5 Å². The lowest BCUT2D eigenvalue weighted by Gasteiger charge is -2.35. The maximum Gasteiger partial charge on any atom is 0.0306 e. The zero-order valence-electron chi connectivity index (χ0n) is 6.78. The highest BCUT2D eigenvalue weighted by molar-refractivity contribution is 6.13. The quantitative estimate of drug-likeness (QED) is 0.584. The predicted molar refractivity (Wildman–Crippen MR) is 45.0 cm³/mol. The number of rotatable bonds is 1. The molecule has 0 aromatic heterocycles. The van der Waals surface area contributed by atoms with E-state index in [2.05, 4.69) is 18.7 Å². The van der Waals surface area contributed by atoms with Crippen LogP contribution in [0.2, 0.25) is 0 Å². The molecule has 1 saturated carbocycles. The van der Waals surface area contributed by atoms with E-state index in [1.165, 1.54) is 25.7 Å². The van der Waals surface area contributed by atoms with Crippen LogP contribution < -0.4 is 4.84 Å². The maximum atomic E-state index is 5.64. The Balaban J connectivity index is 2.45. The third-order valence-electron chi connectivity index (χ3n) is 2.45. The fraction of sp³-hybridized carbons (Fsp3) is 1.00. The molecule has 1 aliphatic rings. The molecule has 2 heteroatoms. The van der Waals surface area contributed by atoms with Crippen LogP contribution in [0.25, 0.3) is 0 Å². The average molecular weight is 162 g/mol. The van der Waals surface area contributed by atoms with Gasteiger partial charge in [-0.25, -0.2) is 4.84 Å². The highest BCUT2D eigenvalue weighted by Crippen LogP contribution is 2.31. The van der Waals surface area contributed by atoms with E-state index in [9.17, 15) is 0 Å². The summed E-state index contributed by atoms with van der Waals surface area (Å²) in [5, 5.41) is 0. The van der Waals surface area contributed by atoms with Crippen molar-refractivity contribution in [3.05, 3.63) is 0 Å². The molecule has 1 fully saturated rings. The minimum atomic E-state index is 0.208. The molecule has 0 aromatic rings. The zero-order valence-corrected chi connectivity index (χ0v) is 7.54. The van der Waals surface area contributed by atoms with Gasteiger partial charge in [-0.15, -0.1) is 0 Å².